The number of hydrogen-bond acceptors (Lipinski definition) is 3. The van der Waals surface area contributed by atoms with Gasteiger partial charge in [-0.25, -0.2) is 0 Å². The first kappa shape index (κ1) is 9.86. The van der Waals surface area contributed by atoms with Crippen LogP contribution in [0.25, 0.3) is 0 Å². The molecule has 0 saturated carbocycles. The summed E-state index contributed by atoms with van der Waals surface area (Å²) in [7, 11) is 0. The fraction of sp³-hybridized carbons (Fsp3) is 0.222. The van der Waals surface area contributed by atoms with Crippen molar-refractivity contribution in [2.24, 2.45) is 0 Å². The number of alkyl halides is 1. The second-order valence-electron chi connectivity index (χ2n) is 2.51. The van der Waals surface area contributed by atoms with Crippen molar-refractivity contribution in [2.45, 2.75) is 6.42 Å². The predicted molar refractivity (Wildman–Crippen MR) is 48.9 cm³/mol. The van der Waals surface area contributed by atoms with Crippen LogP contribution < -0.4 is 0 Å². The molecule has 0 unspecified atom stereocenters. The molecule has 3 nitrogen and oxygen atoms in total. The van der Waals surface area contributed by atoms with E-state index in [0.717, 1.165) is 0 Å². The van der Waals surface area contributed by atoms with Crippen molar-refractivity contribution in [3.05, 3.63) is 30.1 Å². The van der Waals surface area contributed by atoms with Gasteiger partial charge in [0.1, 0.15) is 0 Å². The van der Waals surface area contributed by atoms with Crippen LogP contribution in [0.1, 0.15) is 16.8 Å². The van der Waals surface area contributed by atoms with Gasteiger partial charge in [0.05, 0.1) is 12.3 Å². The Hall–Kier alpha value is -1.22. The minimum absolute atomic E-state index is 0.119. The SMILES string of the molecule is O=C(CCl)CC(=O)c1cccnc1. The zero-order valence-electron chi connectivity index (χ0n) is 6.87. The molecule has 0 spiro atoms. The van der Waals surface area contributed by atoms with Crippen molar-refractivity contribution in [1.82, 2.24) is 4.98 Å². The summed E-state index contributed by atoms with van der Waals surface area (Å²) >= 11 is 5.27. The second kappa shape index (κ2) is 4.72. The second-order valence-corrected chi connectivity index (χ2v) is 2.78. The standard InChI is InChI=1S/C9H8ClNO2/c10-5-8(12)4-9(13)7-2-1-3-11-6-7/h1-3,6H,4-5H2. The topological polar surface area (TPSA) is 47.0 Å². The van der Waals surface area contributed by atoms with Crippen molar-refractivity contribution in [3.63, 3.8) is 0 Å². The zero-order valence-corrected chi connectivity index (χ0v) is 7.62. The van der Waals surface area contributed by atoms with E-state index in [1.165, 1.54) is 6.20 Å². The van der Waals surface area contributed by atoms with Gasteiger partial charge < -0.3 is 0 Å². The first-order valence-corrected chi connectivity index (χ1v) is 4.28. The van der Waals surface area contributed by atoms with E-state index >= 15 is 0 Å². The number of aromatic nitrogens is 1. The summed E-state index contributed by atoms with van der Waals surface area (Å²) in [5, 5.41) is 0. The maximum absolute atomic E-state index is 11.3. The van der Waals surface area contributed by atoms with Gasteiger partial charge in [0.25, 0.3) is 0 Å². The molecule has 0 aliphatic carbocycles. The number of Topliss-reactive ketones (excluding diaryl/α,β-unsaturated/α-hetero) is 2. The molecule has 68 valence electrons. The Balaban J connectivity index is 2.65. The summed E-state index contributed by atoms with van der Waals surface area (Å²) in [5.74, 6) is -0.624. The Kier molecular flexibility index (Phi) is 3.58. The molecule has 1 aromatic rings. The molecular weight excluding hydrogens is 190 g/mol. The molecule has 0 aromatic carbocycles. The van der Waals surface area contributed by atoms with Gasteiger partial charge >= 0.3 is 0 Å². The lowest BCUT2D eigenvalue weighted by Crippen LogP contribution is -2.09. The van der Waals surface area contributed by atoms with Crippen LogP contribution in [0, 0.1) is 0 Å². The number of rotatable bonds is 4. The van der Waals surface area contributed by atoms with Crippen molar-refractivity contribution in [2.75, 3.05) is 5.88 Å². The Morgan fingerprint density at radius 1 is 1.46 bits per heavy atom. The third kappa shape index (κ3) is 2.95. The van der Waals surface area contributed by atoms with E-state index in [0.29, 0.717) is 5.56 Å². The van der Waals surface area contributed by atoms with Gasteiger partial charge in [-0.15, -0.1) is 11.6 Å². The fourth-order valence-electron chi connectivity index (χ4n) is 0.856. The number of carbonyl (C=O) groups is 2. The van der Waals surface area contributed by atoms with Crippen molar-refractivity contribution < 1.29 is 9.59 Å². The number of nitrogens with zero attached hydrogens (tertiary/aromatic N) is 1. The van der Waals surface area contributed by atoms with Crippen molar-refractivity contribution in [1.29, 1.82) is 0 Å². The molecule has 0 aliphatic heterocycles. The number of halogens is 1. The van der Waals surface area contributed by atoms with E-state index in [1.807, 2.05) is 0 Å². The molecular formula is C9H8ClNO2. The Morgan fingerprint density at radius 3 is 2.77 bits per heavy atom. The highest BCUT2D eigenvalue weighted by molar-refractivity contribution is 6.29. The number of carbonyl (C=O) groups excluding carboxylic acids is 2. The van der Waals surface area contributed by atoms with E-state index in [9.17, 15) is 9.59 Å². The van der Waals surface area contributed by atoms with Crippen LogP contribution in [0.4, 0.5) is 0 Å². The maximum atomic E-state index is 11.3. The van der Waals surface area contributed by atoms with Gasteiger partial charge in [0.15, 0.2) is 11.6 Å². The minimum atomic E-state index is -0.268. The van der Waals surface area contributed by atoms with Crippen LogP contribution in [-0.4, -0.2) is 22.4 Å². The lowest BCUT2D eigenvalue weighted by atomic mass is 10.1. The molecule has 0 aliphatic rings. The van der Waals surface area contributed by atoms with E-state index in [1.54, 1.807) is 18.3 Å². The Bertz CT molecular complexity index is 311. The third-order valence-corrected chi connectivity index (χ3v) is 1.79. The van der Waals surface area contributed by atoms with Crippen LogP contribution in [-0.2, 0) is 4.79 Å². The van der Waals surface area contributed by atoms with Gasteiger partial charge in [-0.2, -0.15) is 0 Å². The summed E-state index contributed by atoms with van der Waals surface area (Å²) in [6.45, 7) is 0. The molecule has 1 rings (SSSR count). The van der Waals surface area contributed by atoms with Crippen molar-refractivity contribution in [3.8, 4) is 0 Å². The Morgan fingerprint density at radius 2 is 2.23 bits per heavy atom. The maximum Gasteiger partial charge on any atom is 0.171 e. The van der Waals surface area contributed by atoms with Crippen LogP contribution in [0.2, 0.25) is 0 Å². The molecule has 4 heteroatoms. The largest absolute Gasteiger partial charge is 0.298 e. The highest BCUT2D eigenvalue weighted by atomic mass is 35.5. The van der Waals surface area contributed by atoms with Crippen LogP contribution in [0.3, 0.4) is 0 Å². The zero-order chi connectivity index (χ0) is 9.68. The smallest absolute Gasteiger partial charge is 0.171 e. The highest BCUT2D eigenvalue weighted by Crippen LogP contribution is 2.01. The molecule has 0 fully saturated rings. The van der Waals surface area contributed by atoms with Gasteiger partial charge in [-0.05, 0) is 12.1 Å². The van der Waals surface area contributed by atoms with Crippen LogP contribution in [0.5, 0.6) is 0 Å². The van der Waals surface area contributed by atoms with E-state index < -0.39 is 0 Å². The fourth-order valence-corrected chi connectivity index (χ4v) is 0.951. The molecule has 0 atom stereocenters. The summed E-state index contributed by atoms with van der Waals surface area (Å²) in [4.78, 5) is 25.9. The van der Waals surface area contributed by atoms with Gasteiger partial charge in [0, 0.05) is 18.0 Å². The predicted octanol–water partition coefficient (Wildman–Crippen LogP) is 1.46. The lowest BCUT2D eigenvalue weighted by Gasteiger charge is -1.96. The molecule has 1 aromatic heterocycles. The first-order valence-electron chi connectivity index (χ1n) is 3.75. The summed E-state index contributed by atoms with van der Waals surface area (Å²) < 4.78 is 0. The van der Waals surface area contributed by atoms with E-state index in [-0.39, 0.29) is 23.9 Å². The third-order valence-electron chi connectivity index (χ3n) is 1.49. The van der Waals surface area contributed by atoms with E-state index in [4.69, 9.17) is 11.6 Å². The summed E-state index contributed by atoms with van der Waals surface area (Å²) in [6.07, 6.45) is 2.86. The van der Waals surface area contributed by atoms with Crippen LogP contribution >= 0.6 is 11.6 Å². The average molecular weight is 198 g/mol. The molecule has 0 bridgehead atoms. The van der Waals surface area contributed by atoms with Gasteiger partial charge in [-0.1, -0.05) is 0 Å². The normalized spacial score (nSPS) is 9.62. The molecule has 0 saturated heterocycles. The summed E-state index contributed by atoms with van der Waals surface area (Å²) in [6, 6.07) is 3.27. The van der Waals surface area contributed by atoms with Crippen molar-refractivity contribution >= 4 is 23.2 Å². The van der Waals surface area contributed by atoms with Gasteiger partial charge in [0.2, 0.25) is 0 Å². The molecule has 1 heterocycles. The molecule has 13 heavy (non-hydrogen) atoms. The lowest BCUT2D eigenvalue weighted by molar-refractivity contribution is -0.115. The van der Waals surface area contributed by atoms with Gasteiger partial charge in [-0.3, -0.25) is 14.6 Å². The molecule has 0 radical (unpaired) electrons. The van der Waals surface area contributed by atoms with Crippen LogP contribution in [0.15, 0.2) is 24.5 Å². The average Bonchev–Trinajstić information content (AvgIpc) is 2.19. The summed E-state index contributed by atoms with van der Waals surface area (Å²) in [5.41, 5.74) is 0.445. The number of ketones is 2. The first-order chi connectivity index (χ1) is 6.24. The Labute approximate surface area is 80.7 Å². The monoisotopic (exact) mass is 197 g/mol. The quantitative estimate of drug-likeness (QED) is 0.417. The number of hydrogen-bond donors (Lipinski definition) is 0. The highest BCUT2D eigenvalue weighted by Gasteiger charge is 2.10. The minimum Gasteiger partial charge on any atom is -0.298 e. The van der Waals surface area contributed by atoms with E-state index in [2.05, 4.69) is 4.98 Å². The molecule has 0 N–H and O–H groups in total. The number of pyridine rings is 1. The molecule has 0 amide bonds.